The fourth-order valence-corrected chi connectivity index (χ4v) is 5.42. The van der Waals surface area contributed by atoms with Crippen LogP contribution in [0.4, 0.5) is 18.9 Å². The summed E-state index contributed by atoms with van der Waals surface area (Å²) < 4.78 is 39.2. The molecule has 0 radical (unpaired) electrons. The molecule has 1 aliphatic heterocycles. The van der Waals surface area contributed by atoms with Crippen LogP contribution in [0.1, 0.15) is 50.2 Å². The highest BCUT2D eigenvalue weighted by Crippen LogP contribution is 2.40. The third-order valence-corrected chi connectivity index (χ3v) is 7.29. The van der Waals surface area contributed by atoms with Crippen molar-refractivity contribution >= 4 is 11.6 Å². The number of rotatable bonds is 6. The molecule has 34 heavy (non-hydrogen) atoms. The van der Waals surface area contributed by atoms with Crippen molar-refractivity contribution in [2.45, 2.75) is 56.7 Å². The maximum Gasteiger partial charge on any atom is 0.416 e. The standard InChI is InChI=1S/C27H34F3N3O/c1-21(31-25(34)26(13-6-3-7-14-26)22-9-4-2-5-10-22)20-32-15-17-33(18-16-32)24-12-8-11-23(19-24)27(28,29)30/h2,4-5,8-12,19,21H,3,6-7,13-18,20H2,1H3,(H,31,34). The smallest absolute Gasteiger partial charge is 0.369 e. The van der Waals surface area contributed by atoms with Gasteiger partial charge in [0.25, 0.3) is 0 Å². The zero-order valence-electron chi connectivity index (χ0n) is 19.8. The molecule has 1 heterocycles. The molecule has 1 unspecified atom stereocenters. The summed E-state index contributed by atoms with van der Waals surface area (Å²) in [5.41, 5.74) is 0.654. The fourth-order valence-electron chi connectivity index (χ4n) is 5.42. The first-order valence-corrected chi connectivity index (χ1v) is 12.3. The maximum atomic E-state index is 13.5. The maximum absolute atomic E-state index is 13.5. The summed E-state index contributed by atoms with van der Waals surface area (Å²) in [6.45, 7) is 5.60. The second-order valence-electron chi connectivity index (χ2n) is 9.72. The van der Waals surface area contributed by atoms with Crippen LogP contribution in [0.3, 0.4) is 0 Å². The molecule has 1 saturated heterocycles. The van der Waals surface area contributed by atoms with Crippen LogP contribution in [0, 0.1) is 0 Å². The van der Waals surface area contributed by atoms with Crippen LogP contribution in [0.2, 0.25) is 0 Å². The van der Waals surface area contributed by atoms with E-state index in [1.807, 2.05) is 30.0 Å². The van der Waals surface area contributed by atoms with Gasteiger partial charge in [0.05, 0.1) is 11.0 Å². The summed E-state index contributed by atoms with van der Waals surface area (Å²) in [5.74, 6) is 0.119. The number of piperazine rings is 1. The molecule has 4 rings (SSSR count). The Hall–Kier alpha value is -2.54. The van der Waals surface area contributed by atoms with Gasteiger partial charge in [-0.05, 0) is 43.5 Å². The van der Waals surface area contributed by atoms with E-state index in [0.29, 0.717) is 18.8 Å². The summed E-state index contributed by atoms with van der Waals surface area (Å²) >= 11 is 0. The summed E-state index contributed by atoms with van der Waals surface area (Å²) in [6, 6.07) is 15.7. The molecule has 0 bridgehead atoms. The molecule has 1 N–H and O–H groups in total. The monoisotopic (exact) mass is 473 g/mol. The molecule has 4 nitrogen and oxygen atoms in total. The van der Waals surface area contributed by atoms with Gasteiger partial charge in [-0.3, -0.25) is 9.69 Å². The molecule has 2 aromatic carbocycles. The lowest BCUT2D eigenvalue weighted by Gasteiger charge is -2.39. The number of halogens is 3. The Bertz CT molecular complexity index is 949. The molecule has 2 fully saturated rings. The third-order valence-electron chi connectivity index (χ3n) is 7.29. The van der Waals surface area contributed by atoms with E-state index in [1.165, 1.54) is 18.6 Å². The van der Waals surface area contributed by atoms with E-state index in [1.54, 1.807) is 6.07 Å². The molecule has 184 valence electrons. The number of nitrogens with one attached hydrogen (secondary N) is 1. The van der Waals surface area contributed by atoms with E-state index in [4.69, 9.17) is 0 Å². The second-order valence-corrected chi connectivity index (χ2v) is 9.72. The van der Waals surface area contributed by atoms with Crippen molar-refractivity contribution in [3.8, 4) is 0 Å². The molecule has 2 aromatic rings. The van der Waals surface area contributed by atoms with E-state index >= 15 is 0 Å². The Labute approximate surface area is 200 Å². The second kappa shape index (κ2) is 10.4. The summed E-state index contributed by atoms with van der Waals surface area (Å²) in [6.07, 6.45) is 0.730. The highest BCUT2D eigenvalue weighted by atomic mass is 19.4. The van der Waals surface area contributed by atoms with Crippen LogP contribution in [0.15, 0.2) is 54.6 Å². The first-order valence-electron chi connectivity index (χ1n) is 12.3. The van der Waals surface area contributed by atoms with Crippen molar-refractivity contribution in [1.29, 1.82) is 0 Å². The number of hydrogen-bond donors (Lipinski definition) is 1. The first kappa shape index (κ1) is 24.6. The Balaban J connectivity index is 1.33. The van der Waals surface area contributed by atoms with Crippen molar-refractivity contribution in [2.24, 2.45) is 0 Å². The van der Waals surface area contributed by atoms with Crippen molar-refractivity contribution in [3.05, 3.63) is 65.7 Å². The Morgan fingerprint density at radius 2 is 1.65 bits per heavy atom. The van der Waals surface area contributed by atoms with Gasteiger partial charge >= 0.3 is 6.18 Å². The molecule has 0 spiro atoms. The van der Waals surface area contributed by atoms with Gasteiger partial charge in [0.1, 0.15) is 0 Å². The highest BCUT2D eigenvalue weighted by Gasteiger charge is 2.41. The third kappa shape index (κ3) is 5.57. The van der Waals surface area contributed by atoms with Gasteiger partial charge in [-0.25, -0.2) is 0 Å². The predicted molar refractivity (Wildman–Crippen MR) is 129 cm³/mol. The zero-order chi connectivity index (χ0) is 24.2. The van der Waals surface area contributed by atoms with Gasteiger partial charge in [0.2, 0.25) is 5.91 Å². The number of alkyl halides is 3. The Morgan fingerprint density at radius 1 is 0.971 bits per heavy atom. The summed E-state index contributed by atoms with van der Waals surface area (Å²) in [4.78, 5) is 17.8. The number of hydrogen-bond acceptors (Lipinski definition) is 3. The average molecular weight is 474 g/mol. The Kier molecular flexibility index (Phi) is 7.51. The quantitative estimate of drug-likeness (QED) is 0.624. The first-order chi connectivity index (χ1) is 16.3. The van der Waals surface area contributed by atoms with E-state index in [9.17, 15) is 18.0 Å². The fraction of sp³-hybridized carbons (Fsp3) is 0.519. The Morgan fingerprint density at radius 3 is 2.29 bits per heavy atom. The average Bonchev–Trinajstić information content (AvgIpc) is 2.85. The molecule has 1 amide bonds. The minimum Gasteiger partial charge on any atom is -0.369 e. The number of benzene rings is 2. The van der Waals surface area contributed by atoms with E-state index in [-0.39, 0.29) is 11.9 Å². The number of amides is 1. The largest absolute Gasteiger partial charge is 0.416 e. The van der Waals surface area contributed by atoms with Crippen molar-refractivity contribution in [2.75, 3.05) is 37.6 Å². The van der Waals surface area contributed by atoms with Crippen LogP contribution in [0.25, 0.3) is 0 Å². The highest BCUT2D eigenvalue weighted by molar-refractivity contribution is 5.88. The van der Waals surface area contributed by atoms with Gasteiger partial charge in [0, 0.05) is 44.5 Å². The van der Waals surface area contributed by atoms with Crippen LogP contribution < -0.4 is 10.2 Å². The normalized spacial score (nSPS) is 20.1. The predicted octanol–water partition coefficient (Wildman–Crippen LogP) is 5.23. The van der Waals surface area contributed by atoms with Crippen molar-refractivity contribution in [3.63, 3.8) is 0 Å². The molecular weight excluding hydrogens is 439 g/mol. The van der Waals surface area contributed by atoms with E-state index in [2.05, 4.69) is 22.3 Å². The lowest BCUT2D eigenvalue weighted by Crippen LogP contribution is -2.54. The van der Waals surface area contributed by atoms with Gasteiger partial charge in [-0.1, -0.05) is 55.7 Å². The van der Waals surface area contributed by atoms with Gasteiger partial charge in [-0.15, -0.1) is 0 Å². The van der Waals surface area contributed by atoms with Crippen molar-refractivity contribution < 1.29 is 18.0 Å². The summed E-state index contributed by atoms with van der Waals surface area (Å²) in [5, 5.41) is 3.28. The SMILES string of the molecule is CC(CN1CCN(c2cccc(C(F)(F)F)c2)CC1)NC(=O)C1(c2ccccc2)CCCCC1. The minimum absolute atomic E-state index is 0.00452. The number of carbonyl (C=O) groups excluding carboxylic acids is 1. The molecule has 0 aromatic heterocycles. The molecule has 1 saturated carbocycles. The van der Waals surface area contributed by atoms with E-state index in [0.717, 1.165) is 56.9 Å². The number of carbonyl (C=O) groups is 1. The lowest BCUT2D eigenvalue weighted by atomic mass is 9.68. The van der Waals surface area contributed by atoms with Crippen LogP contribution >= 0.6 is 0 Å². The zero-order valence-corrected chi connectivity index (χ0v) is 19.8. The van der Waals surface area contributed by atoms with Crippen LogP contribution in [0.5, 0.6) is 0 Å². The molecule has 1 aliphatic carbocycles. The van der Waals surface area contributed by atoms with Gasteiger partial charge in [0.15, 0.2) is 0 Å². The van der Waals surface area contributed by atoms with Gasteiger partial charge < -0.3 is 10.2 Å². The molecule has 1 atom stereocenters. The van der Waals surface area contributed by atoms with Crippen LogP contribution in [-0.2, 0) is 16.4 Å². The topological polar surface area (TPSA) is 35.6 Å². The summed E-state index contributed by atoms with van der Waals surface area (Å²) in [7, 11) is 0. The van der Waals surface area contributed by atoms with Crippen molar-refractivity contribution in [1.82, 2.24) is 10.2 Å². The van der Waals surface area contributed by atoms with Gasteiger partial charge in [-0.2, -0.15) is 13.2 Å². The number of nitrogens with zero attached hydrogens (tertiary/aromatic N) is 2. The molecular formula is C27H34F3N3O. The molecule has 7 heteroatoms. The number of anilines is 1. The lowest BCUT2D eigenvalue weighted by molar-refractivity contribution is -0.137. The van der Waals surface area contributed by atoms with Crippen LogP contribution in [-0.4, -0.2) is 49.6 Å². The minimum atomic E-state index is -4.33. The molecule has 2 aliphatic rings. The van der Waals surface area contributed by atoms with E-state index < -0.39 is 17.2 Å².